The van der Waals surface area contributed by atoms with Gasteiger partial charge in [-0.25, -0.2) is 4.98 Å². The Bertz CT molecular complexity index is 355. The van der Waals surface area contributed by atoms with E-state index in [9.17, 15) is 0 Å². The van der Waals surface area contributed by atoms with Gasteiger partial charge >= 0.3 is 0 Å². The maximum atomic E-state index is 8.94. The van der Waals surface area contributed by atoms with Gasteiger partial charge in [0.25, 0.3) is 0 Å². The normalized spacial score (nSPS) is 16.2. The van der Waals surface area contributed by atoms with Gasteiger partial charge in [-0.2, -0.15) is 0 Å². The van der Waals surface area contributed by atoms with E-state index in [0.29, 0.717) is 11.2 Å². The first-order chi connectivity index (χ1) is 8.31. The summed E-state index contributed by atoms with van der Waals surface area (Å²) in [6, 6.07) is 4.62. The van der Waals surface area contributed by atoms with Crippen molar-refractivity contribution in [1.29, 1.82) is 0 Å². The van der Waals surface area contributed by atoms with E-state index >= 15 is 0 Å². The monoisotopic (exact) mass is 254 g/mol. The topological polar surface area (TPSA) is 36.4 Å². The van der Waals surface area contributed by atoms with Gasteiger partial charge in [-0.15, -0.1) is 0 Å². The minimum Gasteiger partial charge on any atom is -0.396 e. The lowest BCUT2D eigenvalue weighted by Crippen LogP contribution is -2.40. The SMILES string of the molecule is OCCCN(Cc1cccnc1Cl)C1CCC1. The minimum atomic E-state index is 0.254. The highest BCUT2D eigenvalue weighted by molar-refractivity contribution is 6.30. The van der Waals surface area contributed by atoms with E-state index in [1.807, 2.05) is 12.1 Å². The van der Waals surface area contributed by atoms with Gasteiger partial charge in [-0.05, 0) is 25.3 Å². The summed E-state index contributed by atoms with van der Waals surface area (Å²) in [5, 5.41) is 9.54. The molecule has 94 valence electrons. The average molecular weight is 255 g/mol. The Hall–Kier alpha value is -0.640. The van der Waals surface area contributed by atoms with Crippen LogP contribution in [0.4, 0.5) is 0 Å². The number of halogens is 1. The zero-order valence-electron chi connectivity index (χ0n) is 9.98. The van der Waals surface area contributed by atoms with Crippen LogP contribution in [0.3, 0.4) is 0 Å². The molecule has 17 heavy (non-hydrogen) atoms. The number of aliphatic hydroxyl groups is 1. The summed E-state index contributed by atoms with van der Waals surface area (Å²) in [6.07, 6.45) is 6.40. The van der Waals surface area contributed by atoms with Crippen LogP contribution in [0.2, 0.25) is 5.15 Å². The van der Waals surface area contributed by atoms with Crippen molar-refractivity contribution in [3.05, 3.63) is 29.0 Å². The van der Waals surface area contributed by atoms with Crippen LogP contribution in [-0.2, 0) is 6.54 Å². The summed E-state index contributed by atoms with van der Waals surface area (Å²) in [5.74, 6) is 0. The van der Waals surface area contributed by atoms with Gasteiger partial charge in [0.05, 0.1) is 0 Å². The van der Waals surface area contributed by atoms with Crippen molar-refractivity contribution in [2.24, 2.45) is 0 Å². The third kappa shape index (κ3) is 3.41. The van der Waals surface area contributed by atoms with E-state index < -0.39 is 0 Å². The Kier molecular flexibility index (Phi) is 4.77. The van der Waals surface area contributed by atoms with E-state index in [1.165, 1.54) is 19.3 Å². The van der Waals surface area contributed by atoms with E-state index in [1.54, 1.807) is 6.20 Å². The molecule has 2 rings (SSSR count). The second-order valence-corrected chi connectivity index (χ2v) is 4.94. The fourth-order valence-electron chi connectivity index (χ4n) is 2.17. The van der Waals surface area contributed by atoms with Gasteiger partial charge in [0.1, 0.15) is 5.15 Å². The van der Waals surface area contributed by atoms with Crippen LogP contribution in [0.5, 0.6) is 0 Å². The van der Waals surface area contributed by atoms with Gasteiger partial charge in [0.2, 0.25) is 0 Å². The molecule has 1 fully saturated rings. The number of hydrogen-bond acceptors (Lipinski definition) is 3. The summed E-state index contributed by atoms with van der Waals surface area (Å²) < 4.78 is 0. The molecule has 1 saturated carbocycles. The van der Waals surface area contributed by atoms with E-state index in [4.69, 9.17) is 16.7 Å². The lowest BCUT2D eigenvalue weighted by Gasteiger charge is -2.37. The fraction of sp³-hybridized carbons (Fsp3) is 0.615. The summed E-state index contributed by atoms with van der Waals surface area (Å²) in [5.41, 5.74) is 1.08. The first kappa shape index (κ1) is 12.8. The van der Waals surface area contributed by atoms with Crippen LogP contribution in [0.1, 0.15) is 31.2 Å². The highest BCUT2D eigenvalue weighted by Crippen LogP contribution is 2.27. The largest absolute Gasteiger partial charge is 0.396 e. The van der Waals surface area contributed by atoms with Crippen molar-refractivity contribution in [1.82, 2.24) is 9.88 Å². The average Bonchev–Trinajstić information content (AvgIpc) is 2.26. The molecule has 1 aromatic rings. The summed E-state index contributed by atoms with van der Waals surface area (Å²) in [4.78, 5) is 6.52. The van der Waals surface area contributed by atoms with Crippen LogP contribution in [0.15, 0.2) is 18.3 Å². The van der Waals surface area contributed by atoms with Crippen molar-refractivity contribution in [3.8, 4) is 0 Å². The standard InChI is InChI=1S/C13H19ClN2O/c14-13-11(4-2-7-15-13)10-16(8-3-9-17)12-5-1-6-12/h2,4,7,12,17H,1,3,5-6,8-10H2. The highest BCUT2D eigenvalue weighted by atomic mass is 35.5. The molecular formula is C13H19ClN2O. The van der Waals surface area contributed by atoms with Gasteiger partial charge in [-0.3, -0.25) is 4.90 Å². The first-order valence-electron chi connectivity index (χ1n) is 6.25. The molecule has 0 aliphatic heterocycles. The lowest BCUT2D eigenvalue weighted by atomic mass is 9.91. The summed E-state index contributed by atoms with van der Waals surface area (Å²) in [7, 11) is 0. The molecule has 4 heteroatoms. The molecule has 0 atom stereocenters. The number of hydrogen-bond donors (Lipinski definition) is 1. The van der Waals surface area contributed by atoms with Crippen LogP contribution in [-0.4, -0.2) is 34.2 Å². The van der Waals surface area contributed by atoms with E-state index in [-0.39, 0.29) is 6.61 Å². The molecule has 0 radical (unpaired) electrons. The molecular weight excluding hydrogens is 236 g/mol. The first-order valence-corrected chi connectivity index (χ1v) is 6.63. The molecule has 1 aromatic heterocycles. The number of rotatable bonds is 6. The predicted molar refractivity (Wildman–Crippen MR) is 69.0 cm³/mol. The van der Waals surface area contributed by atoms with Crippen LogP contribution < -0.4 is 0 Å². The summed E-state index contributed by atoms with van der Waals surface area (Å²) in [6.45, 7) is 2.04. The van der Waals surface area contributed by atoms with Gasteiger partial charge in [0, 0.05) is 37.5 Å². The fourth-order valence-corrected chi connectivity index (χ4v) is 2.35. The van der Waals surface area contributed by atoms with Gasteiger partial charge < -0.3 is 5.11 Å². The smallest absolute Gasteiger partial charge is 0.133 e. The molecule has 0 bridgehead atoms. The molecule has 1 N–H and O–H groups in total. The quantitative estimate of drug-likeness (QED) is 0.793. The summed E-state index contributed by atoms with van der Waals surface area (Å²) >= 11 is 6.08. The zero-order valence-corrected chi connectivity index (χ0v) is 10.7. The van der Waals surface area contributed by atoms with Crippen molar-refractivity contribution < 1.29 is 5.11 Å². The van der Waals surface area contributed by atoms with Crippen LogP contribution >= 0.6 is 11.6 Å². The Morgan fingerprint density at radius 1 is 1.47 bits per heavy atom. The minimum absolute atomic E-state index is 0.254. The molecule has 0 saturated heterocycles. The maximum absolute atomic E-state index is 8.94. The van der Waals surface area contributed by atoms with E-state index in [2.05, 4.69) is 9.88 Å². The Balaban J connectivity index is 1.98. The number of aromatic nitrogens is 1. The third-order valence-electron chi connectivity index (χ3n) is 3.40. The Morgan fingerprint density at radius 3 is 2.88 bits per heavy atom. The molecule has 1 aliphatic rings. The Morgan fingerprint density at radius 2 is 2.29 bits per heavy atom. The number of nitrogens with zero attached hydrogens (tertiary/aromatic N) is 2. The van der Waals surface area contributed by atoms with Crippen LogP contribution in [0, 0.1) is 0 Å². The van der Waals surface area contributed by atoms with Gasteiger partial charge in [-0.1, -0.05) is 24.1 Å². The lowest BCUT2D eigenvalue weighted by molar-refractivity contribution is 0.109. The molecule has 0 unspecified atom stereocenters. The Labute approximate surface area is 107 Å². The molecule has 1 aliphatic carbocycles. The predicted octanol–water partition coefficient (Wildman–Crippen LogP) is 2.47. The molecule has 3 nitrogen and oxygen atoms in total. The second kappa shape index (κ2) is 6.34. The maximum Gasteiger partial charge on any atom is 0.133 e. The van der Waals surface area contributed by atoms with Crippen molar-refractivity contribution in [2.45, 2.75) is 38.3 Å². The zero-order chi connectivity index (χ0) is 12.1. The molecule has 0 spiro atoms. The number of aliphatic hydroxyl groups excluding tert-OH is 1. The molecule has 0 aromatic carbocycles. The van der Waals surface area contributed by atoms with E-state index in [0.717, 1.165) is 25.1 Å². The second-order valence-electron chi connectivity index (χ2n) is 4.59. The van der Waals surface area contributed by atoms with Crippen molar-refractivity contribution in [2.75, 3.05) is 13.2 Å². The van der Waals surface area contributed by atoms with Crippen molar-refractivity contribution >= 4 is 11.6 Å². The number of pyridine rings is 1. The highest BCUT2D eigenvalue weighted by Gasteiger charge is 2.24. The third-order valence-corrected chi connectivity index (χ3v) is 3.74. The van der Waals surface area contributed by atoms with Gasteiger partial charge in [0.15, 0.2) is 0 Å². The van der Waals surface area contributed by atoms with Crippen LogP contribution in [0.25, 0.3) is 0 Å². The molecule has 0 amide bonds. The molecule has 1 heterocycles. The van der Waals surface area contributed by atoms with Crippen molar-refractivity contribution in [3.63, 3.8) is 0 Å².